The highest BCUT2D eigenvalue weighted by Gasteiger charge is 2.17. The Hall–Kier alpha value is -3.08. The number of nitrogens with zero attached hydrogens (tertiary/aromatic N) is 1. The maximum Gasteiger partial charge on any atom is 0.244 e. The molecule has 0 aliphatic carbocycles. The molecule has 0 unspecified atom stereocenters. The van der Waals surface area contributed by atoms with E-state index in [1.807, 2.05) is 42.5 Å². The number of benzene rings is 3. The molecule has 0 radical (unpaired) electrons. The molecule has 4 nitrogen and oxygen atoms in total. The summed E-state index contributed by atoms with van der Waals surface area (Å²) in [5.41, 5.74) is 2.54. The van der Waals surface area contributed by atoms with Crippen LogP contribution in [0.15, 0.2) is 79.0 Å². The van der Waals surface area contributed by atoms with Crippen LogP contribution in [-0.2, 0) is 11.3 Å². The molecule has 3 aromatic carbocycles. The molecule has 4 rings (SSSR count). The average molecular weight is 423 g/mol. The Labute approximate surface area is 177 Å². The number of nitrogens with one attached hydrogen (secondary N) is 1. The number of hydrogen-bond acceptors (Lipinski definition) is 2. The van der Waals surface area contributed by atoms with Crippen molar-refractivity contribution in [2.75, 3.05) is 5.32 Å². The predicted octanol–water partition coefficient (Wildman–Crippen LogP) is 5.82. The van der Waals surface area contributed by atoms with Crippen LogP contribution in [0.1, 0.15) is 15.9 Å². The van der Waals surface area contributed by atoms with E-state index in [2.05, 4.69) is 5.32 Å². The number of anilines is 1. The van der Waals surface area contributed by atoms with Gasteiger partial charge in [-0.1, -0.05) is 71.7 Å². The van der Waals surface area contributed by atoms with Gasteiger partial charge >= 0.3 is 0 Å². The van der Waals surface area contributed by atoms with E-state index in [-0.39, 0.29) is 18.2 Å². The summed E-state index contributed by atoms with van der Waals surface area (Å²) in [6, 6.07) is 21.5. The van der Waals surface area contributed by atoms with Crippen LogP contribution in [-0.4, -0.2) is 16.3 Å². The Morgan fingerprint density at radius 3 is 2.34 bits per heavy atom. The average Bonchev–Trinajstić information content (AvgIpc) is 3.09. The van der Waals surface area contributed by atoms with Gasteiger partial charge in [-0.15, -0.1) is 0 Å². The third-order valence-corrected chi connectivity index (χ3v) is 5.33. The molecule has 0 saturated heterocycles. The number of carbonyl (C=O) groups is 2. The first-order valence-electron chi connectivity index (χ1n) is 8.95. The number of halogens is 2. The number of para-hydroxylation sites is 1. The van der Waals surface area contributed by atoms with Gasteiger partial charge in [0.05, 0.1) is 10.0 Å². The highest BCUT2D eigenvalue weighted by Crippen LogP contribution is 2.26. The molecule has 0 atom stereocenters. The van der Waals surface area contributed by atoms with Gasteiger partial charge in [0.1, 0.15) is 6.54 Å². The van der Waals surface area contributed by atoms with Crippen LogP contribution in [0.3, 0.4) is 0 Å². The summed E-state index contributed by atoms with van der Waals surface area (Å²) in [6.45, 7) is 0.0584. The third kappa shape index (κ3) is 4.04. The summed E-state index contributed by atoms with van der Waals surface area (Å²) in [4.78, 5) is 25.6. The van der Waals surface area contributed by atoms with Crippen molar-refractivity contribution in [2.24, 2.45) is 0 Å². The fraction of sp³-hybridized carbons (Fsp3) is 0.0435. The van der Waals surface area contributed by atoms with E-state index in [4.69, 9.17) is 23.2 Å². The lowest BCUT2D eigenvalue weighted by atomic mass is 10.0. The maximum absolute atomic E-state index is 13.0. The summed E-state index contributed by atoms with van der Waals surface area (Å²) in [5, 5.41) is 4.40. The van der Waals surface area contributed by atoms with Gasteiger partial charge in [-0.2, -0.15) is 0 Å². The van der Waals surface area contributed by atoms with Crippen LogP contribution in [0.2, 0.25) is 10.0 Å². The molecule has 1 aromatic heterocycles. The molecule has 6 heteroatoms. The minimum atomic E-state index is -0.233. The molecular formula is C23H16Cl2N2O2. The SMILES string of the molecule is O=C(Cn1cc(C(=O)c2ccccc2)c2ccccc21)Nc1ccc(Cl)c(Cl)c1. The second kappa shape index (κ2) is 8.11. The summed E-state index contributed by atoms with van der Waals surface area (Å²) in [5.74, 6) is -0.312. The zero-order valence-corrected chi connectivity index (χ0v) is 16.7. The molecule has 0 saturated carbocycles. The molecule has 29 heavy (non-hydrogen) atoms. The molecule has 1 N–H and O–H groups in total. The Bertz CT molecular complexity index is 1220. The lowest BCUT2D eigenvalue weighted by Gasteiger charge is -2.08. The van der Waals surface area contributed by atoms with Crippen LogP contribution in [0.5, 0.6) is 0 Å². The summed E-state index contributed by atoms with van der Waals surface area (Å²) >= 11 is 11.9. The number of amides is 1. The fourth-order valence-electron chi connectivity index (χ4n) is 3.23. The standard InChI is InChI=1S/C23H16Cl2N2O2/c24-19-11-10-16(12-20(19)25)26-22(28)14-27-13-18(17-8-4-5-9-21(17)27)23(29)15-6-2-1-3-7-15/h1-13H,14H2,(H,26,28). The smallest absolute Gasteiger partial charge is 0.244 e. The van der Waals surface area contributed by atoms with Crippen molar-refractivity contribution in [1.29, 1.82) is 0 Å². The maximum atomic E-state index is 13.0. The molecule has 0 bridgehead atoms. The second-order valence-electron chi connectivity index (χ2n) is 6.56. The molecule has 144 valence electrons. The molecule has 0 aliphatic heterocycles. The van der Waals surface area contributed by atoms with Gasteiger partial charge in [0.15, 0.2) is 5.78 Å². The van der Waals surface area contributed by atoms with Crippen LogP contribution in [0.25, 0.3) is 10.9 Å². The number of aromatic nitrogens is 1. The van der Waals surface area contributed by atoms with Crippen LogP contribution in [0.4, 0.5) is 5.69 Å². The molecule has 1 heterocycles. The van der Waals surface area contributed by atoms with Crippen molar-refractivity contribution in [1.82, 2.24) is 4.57 Å². The lowest BCUT2D eigenvalue weighted by Crippen LogP contribution is -2.18. The van der Waals surface area contributed by atoms with Crippen molar-refractivity contribution in [3.05, 3.63) is 100 Å². The molecule has 1 amide bonds. The minimum absolute atomic E-state index is 0.0584. The zero-order valence-electron chi connectivity index (χ0n) is 15.2. The Morgan fingerprint density at radius 2 is 1.59 bits per heavy atom. The van der Waals surface area contributed by atoms with Gasteiger partial charge in [0.25, 0.3) is 0 Å². The normalized spacial score (nSPS) is 10.8. The summed E-state index contributed by atoms with van der Waals surface area (Å²) < 4.78 is 1.78. The van der Waals surface area contributed by atoms with Crippen LogP contribution < -0.4 is 5.32 Å². The van der Waals surface area contributed by atoms with E-state index >= 15 is 0 Å². The van der Waals surface area contributed by atoms with E-state index in [0.717, 1.165) is 10.9 Å². The Balaban J connectivity index is 1.63. The molecule has 4 aromatic rings. The Morgan fingerprint density at radius 1 is 0.862 bits per heavy atom. The number of ketones is 1. The molecule has 0 aliphatic rings. The number of rotatable bonds is 5. The lowest BCUT2D eigenvalue weighted by molar-refractivity contribution is -0.116. The highest BCUT2D eigenvalue weighted by atomic mass is 35.5. The van der Waals surface area contributed by atoms with E-state index in [1.165, 1.54) is 0 Å². The topological polar surface area (TPSA) is 51.1 Å². The zero-order chi connectivity index (χ0) is 20.4. The number of fused-ring (bicyclic) bond motifs is 1. The van der Waals surface area contributed by atoms with E-state index < -0.39 is 0 Å². The first-order valence-corrected chi connectivity index (χ1v) is 9.71. The van der Waals surface area contributed by atoms with E-state index in [1.54, 1.807) is 41.1 Å². The largest absolute Gasteiger partial charge is 0.337 e. The summed E-state index contributed by atoms with van der Waals surface area (Å²) in [6.07, 6.45) is 1.73. The highest BCUT2D eigenvalue weighted by molar-refractivity contribution is 6.42. The molecule has 0 spiro atoms. The fourth-order valence-corrected chi connectivity index (χ4v) is 3.53. The van der Waals surface area contributed by atoms with Crippen molar-refractivity contribution in [2.45, 2.75) is 6.54 Å². The molecular weight excluding hydrogens is 407 g/mol. The van der Waals surface area contributed by atoms with Crippen molar-refractivity contribution >= 4 is 51.5 Å². The van der Waals surface area contributed by atoms with Crippen molar-refractivity contribution in [3.8, 4) is 0 Å². The first kappa shape index (κ1) is 19.2. The van der Waals surface area contributed by atoms with Crippen LogP contribution >= 0.6 is 23.2 Å². The number of carbonyl (C=O) groups excluding carboxylic acids is 2. The number of hydrogen-bond donors (Lipinski definition) is 1. The second-order valence-corrected chi connectivity index (χ2v) is 7.37. The predicted molar refractivity (Wildman–Crippen MR) is 117 cm³/mol. The third-order valence-electron chi connectivity index (χ3n) is 4.59. The van der Waals surface area contributed by atoms with Gasteiger partial charge in [0.2, 0.25) is 5.91 Å². The minimum Gasteiger partial charge on any atom is -0.337 e. The van der Waals surface area contributed by atoms with Gasteiger partial charge in [-0.05, 0) is 24.3 Å². The quantitative estimate of drug-likeness (QED) is 0.412. The van der Waals surface area contributed by atoms with Gasteiger partial charge in [-0.3, -0.25) is 9.59 Å². The summed E-state index contributed by atoms with van der Waals surface area (Å²) in [7, 11) is 0. The monoisotopic (exact) mass is 422 g/mol. The van der Waals surface area contributed by atoms with Gasteiger partial charge in [-0.25, -0.2) is 0 Å². The van der Waals surface area contributed by atoms with Gasteiger partial charge < -0.3 is 9.88 Å². The van der Waals surface area contributed by atoms with Crippen molar-refractivity contribution in [3.63, 3.8) is 0 Å². The van der Waals surface area contributed by atoms with Gasteiger partial charge in [0, 0.05) is 33.9 Å². The van der Waals surface area contributed by atoms with E-state index in [0.29, 0.717) is 26.9 Å². The van der Waals surface area contributed by atoms with Crippen LogP contribution in [0, 0.1) is 0 Å². The van der Waals surface area contributed by atoms with E-state index in [9.17, 15) is 9.59 Å². The van der Waals surface area contributed by atoms with Crippen molar-refractivity contribution < 1.29 is 9.59 Å². The first-order chi connectivity index (χ1) is 14.0. The molecule has 0 fully saturated rings. The Kier molecular flexibility index (Phi) is 5.38.